The Labute approximate surface area is 129 Å². The molecule has 0 spiro atoms. The number of fused-ring (bicyclic) bond motifs is 1. The molecule has 0 radical (unpaired) electrons. The minimum Gasteiger partial charge on any atom is -0.341 e. The lowest BCUT2D eigenvalue weighted by molar-refractivity contribution is 0.772. The molecule has 0 amide bonds. The van der Waals surface area contributed by atoms with Crippen LogP contribution in [0.15, 0.2) is 53.4 Å². The molecule has 0 aliphatic carbocycles. The highest BCUT2D eigenvalue weighted by Crippen LogP contribution is 2.15. The monoisotopic (exact) mass is 293 g/mol. The predicted molar refractivity (Wildman–Crippen MR) is 94.2 cm³/mol. The molecule has 0 saturated heterocycles. The molecule has 2 heteroatoms. The van der Waals surface area contributed by atoms with E-state index >= 15 is 0 Å². The van der Waals surface area contributed by atoms with Crippen LogP contribution in [0.3, 0.4) is 0 Å². The first kappa shape index (κ1) is 14.0. The topological polar surface area (TPSA) is 4.93 Å². The number of aryl methyl sites for hydroxylation is 1. The first-order valence-electron chi connectivity index (χ1n) is 7.16. The second-order valence-electron chi connectivity index (χ2n) is 5.04. The summed E-state index contributed by atoms with van der Waals surface area (Å²) in [5, 5.41) is 3.59. The molecule has 0 bridgehead atoms. The summed E-state index contributed by atoms with van der Waals surface area (Å²) in [5.74, 6) is 0. The summed E-state index contributed by atoms with van der Waals surface area (Å²) < 4.78 is 2.28. The van der Waals surface area contributed by atoms with Gasteiger partial charge in [0.05, 0.1) is 0 Å². The third-order valence-electron chi connectivity index (χ3n) is 3.86. The van der Waals surface area contributed by atoms with Crippen molar-refractivity contribution in [2.45, 2.75) is 18.4 Å². The standard InChI is InChI=1S/C19H19NS/c1-4-20-14(2)18(17-7-5-6-8-19(17)20)13-15-9-11-16(21-3)12-10-15/h5-13H,2,4H2,1,3H3/b18-13+. The Balaban J connectivity index is 2.26. The lowest BCUT2D eigenvalue weighted by Gasteiger charge is -1.99. The molecule has 0 aliphatic heterocycles. The molecule has 0 N–H and O–H groups in total. The molecule has 0 atom stereocenters. The van der Waals surface area contributed by atoms with Gasteiger partial charge in [0.15, 0.2) is 0 Å². The van der Waals surface area contributed by atoms with Gasteiger partial charge in [0.1, 0.15) is 0 Å². The fourth-order valence-electron chi connectivity index (χ4n) is 2.77. The molecule has 21 heavy (non-hydrogen) atoms. The van der Waals surface area contributed by atoms with E-state index in [1.807, 2.05) is 0 Å². The number of thioether (sulfide) groups is 1. The summed E-state index contributed by atoms with van der Waals surface area (Å²) in [6.45, 7) is 7.39. The fourth-order valence-corrected chi connectivity index (χ4v) is 3.18. The molecule has 106 valence electrons. The minimum atomic E-state index is 0.943. The van der Waals surface area contributed by atoms with Crippen LogP contribution in [-0.4, -0.2) is 10.8 Å². The summed E-state index contributed by atoms with van der Waals surface area (Å²) in [7, 11) is 0. The molecule has 1 aromatic heterocycles. The summed E-state index contributed by atoms with van der Waals surface area (Å²) in [6, 6.07) is 17.2. The van der Waals surface area contributed by atoms with Gasteiger partial charge in [-0.1, -0.05) is 36.9 Å². The second-order valence-corrected chi connectivity index (χ2v) is 5.92. The molecule has 2 aromatic carbocycles. The zero-order valence-corrected chi connectivity index (χ0v) is 13.3. The van der Waals surface area contributed by atoms with Crippen LogP contribution in [0.4, 0.5) is 0 Å². The molecule has 3 rings (SSSR count). The van der Waals surface area contributed by atoms with E-state index in [4.69, 9.17) is 0 Å². The Morgan fingerprint density at radius 1 is 1.10 bits per heavy atom. The van der Waals surface area contributed by atoms with Crippen molar-refractivity contribution in [3.8, 4) is 0 Å². The van der Waals surface area contributed by atoms with E-state index in [0.717, 1.165) is 11.9 Å². The van der Waals surface area contributed by atoms with Crippen molar-refractivity contribution in [3.05, 3.63) is 64.7 Å². The summed E-state index contributed by atoms with van der Waals surface area (Å²) >= 11 is 1.77. The van der Waals surface area contributed by atoms with Crippen molar-refractivity contribution in [1.29, 1.82) is 0 Å². The summed E-state index contributed by atoms with van der Waals surface area (Å²) in [5.41, 5.74) is 2.48. The van der Waals surface area contributed by atoms with Gasteiger partial charge in [0, 0.05) is 32.9 Å². The number of aromatic nitrogens is 1. The van der Waals surface area contributed by atoms with Crippen LogP contribution in [0.25, 0.3) is 23.6 Å². The molecule has 0 fully saturated rings. The maximum absolute atomic E-state index is 4.29. The van der Waals surface area contributed by atoms with Gasteiger partial charge in [-0.3, -0.25) is 0 Å². The Hall–Kier alpha value is -1.93. The quantitative estimate of drug-likeness (QED) is 0.668. The van der Waals surface area contributed by atoms with E-state index in [1.54, 1.807) is 11.8 Å². The van der Waals surface area contributed by atoms with E-state index in [-0.39, 0.29) is 0 Å². The van der Waals surface area contributed by atoms with Crippen molar-refractivity contribution >= 4 is 35.3 Å². The maximum Gasteiger partial charge on any atom is 0.0491 e. The van der Waals surface area contributed by atoms with Gasteiger partial charge in [-0.2, -0.15) is 0 Å². The third-order valence-corrected chi connectivity index (χ3v) is 4.61. The molecular weight excluding hydrogens is 274 g/mol. The Morgan fingerprint density at radius 2 is 1.81 bits per heavy atom. The van der Waals surface area contributed by atoms with Crippen LogP contribution >= 0.6 is 11.8 Å². The van der Waals surface area contributed by atoms with E-state index in [1.165, 1.54) is 26.6 Å². The summed E-state index contributed by atoms with van der Waals surface area (Å²) in [4.78, 5) is 1.29. The average Bonchev–Trinajstić information content (AvgIpc) is 2.80. The minimum absolute atomic E-state index is 0.943. The zero-order valence-electron chi connectivity index (χ0n) is 12.5. The van der Waals surface area contributed by atoms with Gasteiger partial charge in [0.2, 0.25) is 0 Å². The molecule has 1 heterocycles. The zero-order chi connectivity index (χ0) is 14.8. The van der Waals surface area contributed by atoms with E-state index in [2.05, 4.69) is 78.9 Å². The second kappa shape index (κ2) is 5.82. The lowest BCUT2D eigenvalue weighted by Crippen LogP contribution is -2.27. The molecule has 3 aromatic rings. The van der Waals surface area contributed by atoms with E-state index in [0.29, 0.717) is 0 Å². The molecule has 0 aliphatic rings. The molecule has 0 unspecified atom stereocenters. The summed E-state index contributed by atoms with van der Waals surface area (Å²) in [6.07, 6.45) is 4.34. The molecule has 0 saturated carbocycles. The SMILES string of the molecule is C=c1/c(=C\c2ccc(SC)cc2)c2ccccc2n1CC. The van der Waals surface area contributed by atoms with Crippen molar-refractivity contribution in [1.82, 2.24) is 4.57 Å². The first-order chi connectivity index (χ1) is 10.2. The Kier molecular flexibility index (Phi) is 3.89. The highest BCUT2D eigenvalue weighted by atomic mass is 32.2. The lowest BCUT2D eigenvalue weighted by atomic mass is 10.1. The van der Waals surface area contributed by atoms with Gasteiger partial charge in [-0.25, -0.2) is 0 Å². The van der Waals surface area contributed by atoms with Crippen molar-refractivity contribution in [2.75, 3.05) is 6.26 Å². The number of nitrogens with zero attached hydrogens (tertiary/aromatic N) is 1. The van der Waals surface area contributed by atoms with Crippen molar-refractivity contribution in [3.63, 3.8) is 0 Å². The van der Waals surface area contributed by atoms with Gasteiger partial charge in [-0.05, 0) is 43.0 Å². The largest absolute Gasteiger partial charge is 0.341 e. The fraction of sp³-hybridized carbons (Fsp3) is 0.158. The van der Waals surface area contributed by atoms with E-state index < -0.39 is 0 Å². The van der Waals surface area contributed by atoms with Crippen LogP contribution < -0.4 is 10.6 Å². The van der Waals surface area contributed by atoms with Crippen LogP contribution in [0.2, 0.25) is 0 Å². The number of benzene rings is 2. The van der Waals surface area contributed by atoms with Crippen molar-refractivity contribution in [2.24, 2.45) is 0 Å². The number of hydrogen-bond donors (Lipinski definition) is 0. The Bertz CT molecular complexity index is 872. The van der Waals surface area contributed by atoms with Crippen LogP contribution in [0.5, 0.6) is 0 Å². The van der Waals surface area contributed by atoms with Crippen molar-refractivity contribution < 1.29 is 0 Å². The van der Waals surface area contributed by atoms with Crippen LogP contribution in [0, 0.1) is 0 Å². The highest BCUT2D eigenvalue weighted by molar-refractivity contribution is 7.98. The molecule has 1 nitrogen and oxygen atoms in total. The van der Waals surface area contributed by atoms with Gasteiger partial charge >= 0.3 is 0 Å². The number of hydrogen-bond acceptors (Lipinski definition) is 1. The smallest absolute Gasteiger partial charge is 0.0491 e. The number of rotatable bonds is 3. The maximum atomic E-state index is 4.29. The number of para-hydroxylation sites is 1. The van der Waals surface area contributed by atoms with E-state index in [9.17, 15) is 0 Å². The van der Waals surface area contributed by atoms with Gasteiger partial charge in [-0.15, -0.1) is 11.8 Å². The van der Waals surface area contributed by atoms with Crippen LogP contribution in [-0.2, 0) is 6.54 Å². The molecular formula is C19H19NS. The first-order valence-corrected chi connectivity index (χ1v) is 8.39. The third kappa shape index (κ3) is 2.52. The van der Waals surface area contributed by atoms with Gasteiger partial charge < -0.3 is 4.57 Å². The average molecular weight is 293 g/mol. The highest BCUT2D eigenvalue weighted by Gasteiger charge is 2.04. The predicted octanol–water partition coefficient (Wildman–Crippen LogP) is 3.62. The van der Waals surface area contributed by atoms with Gasteiger partial charge in [0.25, 0.3) is 0 Å². The Morgan fingerprint density at radius 3 is 2.48 bits per heavy atom. The van der Waals surface area contributed by atoms with Crippen LogP contribution in [0.1, 0.15) is 12.5 Å². The normalized spacial score (nSPS) is 12.2.